The van der Waals surface area contributed by atoms with E-state index in [1.165, 1.54) is 19.4 Å². The van der Waals surface area contributed by atoms with Crippen molar-refractivity contribution in [3.8, 4) is 17.2 Å². The van der Waals surface area contributed by atoms with Gasteiger partial charge in [-0.05, 0) is 35.9 Å². The number of urea groups is 1. The number of rotatable bonds is 4. The van der Waals surface area contributed by atoms with Gasteiger partial charge in [-0.3, -0.25) is 19.8 Å². The van der Waals surface area contributed by atoms with E-state index in [4.69, 9.17) is 18.6 Å². The van der Waals surface area contributed by atoms with Crippen molar-refractivity contribution in [2.45, 2.75) is 6.54 Å². The van der Waals surface area contributed by atoms with E-state index in [9.17, 15) is 14.4 Å². The molecule has 4 amide bonds. The zero-order valence-electron chi connectivity index (χ0n) is 14.2. The first-order chi connectivity index (χ1) is 13.1. The minimum atomic E-state index is -0.804. The molecule has 0 saturated carbocycles. The molecule has 1 saturated heterocycles. The van der Waals surface area contributed by atoms with Crippen LogP contribution in [0.2, 0.25) is 0 Å². The number of carbonyl (C=O) groups excluding carboxylic acids is 3. The van der Waals surface area contributed by atoms with Gasteiger partial charge in [0, 0.05) is 0 Å². The molecular formula is C18H14N2O7. The van der Waals surface area contributed by atoms with Gasteiger partial charge in [-0.25, -0.2) is 4.79 Å². The number of nitrogens with zero attached hydrogens (tertiary/aromatic N) is 1. The lowest BCUT2D eigenvalue weighted by Crippen LogP contribution is -2.53. The van der Waals surface area contributed by atoms with Gasteiger partial charge in [0.1, 0.15) is 11.3 Å². The van der Waals surface area contributed by atoms with Crippen molar-refractivity contribution >= 4 is 23.9 Å². The van der Waals surface area contributed by atoms with Crippen molar-refractivity contribution in [1.82, 2.24) is 10.2 Å². The number of furan rings is 1. The maximum Gasteiger partial charge on any atom is 0.331 e. The molecule has 2 aliphatic rings. The largest absolute Gasteiger partial charge is 0.493 e. The Labute approximate surface area is 153 Å². The fourth-order valence-corrected chi connectivity index (χ4v) is 2.80. The second-order valence-corrected chi connectivity index (χ2v) is 5.74. The molecule has 1 aromatic heterocycles. The van der Waals surface area contributed by atoms with Crippen LogP contribution in [-0.2, 0) is 16.1 Å². The lowest BCUT2D eigenvalue weighted by atomic mass is 10.1. The Hall–Kier alpha value is -3.75. The van der Waals surface area contributed by atoms with Crippen molar-refractivity contribution < 1.29 is 33.0 Å². The van der Waals surface area contributed by atoms with E-state index < -0.39 is 17.8 Å². The number of imide groups is 2. The SMILES string of the molecule is COc1cc(C=C2C(=O)NC(=O)N(Cc3ccco3)C2=O)cc2c1OCO2. The maximum absolute atomic E-state index is 12.7. The monoisotopic (exact) mass is 370 g/mol. The Bertz CT molecular complexity index is 962. The Kier molecular flexibility index (Phi) is 4.03. The standard InChI is InChI=1S/C18H14N2O7/c1-24-13-6-10(7-14-15(13)27-9-26-14)5-12-16(21)19-18(23)20(17(12)22)8-11-3-2-4-25-11/h2-7H,8-9H2,1H3,(H,19,21,23). The molecule has 0 unspecified atom stereocenters. The normalized spacial score (nSPS) is 17.4. The molecule has 0 bridgehead atoms. The van der Waals surface area contributed by atoms with Gasteiger partial charge < -0.3 is 18.6 Å². The summed E-state index contributed by atoms with van der Waals surface area (Å²) < 4.78 is 21.1. The summed E-state index contributed by atoms with van der Waals surface area (Å²) in [5.41, 5.74) is 0.295. The average molecular weight is 370 g/mol. The minimum absolute atomic E-state index is 0.0521. The minimum Gasteiger partial charge on any atom is -0.493 e. The van der Waals surface area contributed by atoms with Gasteiger partial charge in [-0.1, -0.05) is 0 Å². The number of carbonyl (C=O) groups is 3. The van der Waals surface area contributed by atoms with E-state index in [0.717, 1.165) is 4.90 Å². The summed E-state index contributed by atoms with van der Waals surface area (Å²) >= 11 is 0. The topological polar surface area (TPSA) is 107 Å². The molecule has 0 aliphatic carbocycles. The van der Waals surface area contributed by atoms with Gasteiger partial charge in [0.2, 0.25) is 12.5 Å². The molecule has 0 radical (unpaired) electrons. The highest BCUT2D eigenvalue weighted by atomic mass is 16.7. The molecule has 9 heteroatoms. The number of amides is 4. The molecule has 0 atom stereocenters. The Balaban J connectivity index is 1.68. The molecule has 1 N–H and O–H groups in total. The number of hydrogen-bond donors (Lipinski definition) is 1. The van der Waals surface area contributed by atoms with Crippen LogP contribution in [0.4, 0.5) is 4.79 Å². The second-order valence-electron chi connectivity index (χ2n) is 5.74. The van der Waals surface area contributed by atoms with Crippen LogP contribution in [0.5, 0.6) is 17.2 Å². The van der Waals surface area contributed by atoms with Crippen LogP contribution in [0.1, 0.15) is 11.3 Å². The van der Waals surface area contributed by atoms with Crippen molar-refractivity contribution in [3.63, 3.8) is 0 Å². The summed E-state index contributed by atoms with van der Waals surface area (Å²) in [4.78, 5) is 37.8. The van der Waals surface area contributed by atoms with Crippen molar-refractivity contribution in [3.05, 3.63) is 47.4 Å². The number of nitrogens with one attached hydrogen (secondary N) is 1. The molecule has 138 valence electrons. The molecule has 1 fully saturated rings. The maximum atomic E-state index is 12.7. The third-order valence-corrected chi connectivity index (χ3v) is 4.07. The van der Waals surface area contributed by atoms with Gasteiger partial charge in [-0.15, -0.1) is 0 Å². The van der Waals surface area contributed by atoms with E-state index in [1.807, 2.05) is 0 Å². The van der Waals surface area contributed by atoms with Crippen LogP contribution in [-0.4, -0.2) is 36.6 Å². The molecule has 1 aromatic carbocycles. The molecule has 3 heterocycles. The van der Waals surface area contributed by atoms with Crippen LogP contribution in [0.15, 0.2) is 40.5 Å². The third-order valence-electron chi connectivity index (χ3n) is 4.07. The van der Waals surface area contributed by atoms with E-state index in [1.54, 1.807) is 24.3 Å². The summed E-state index contributed by atoms with van der Waals surface area (Å²) in [5, 5.41) is 2.15. The van der Waals surface area contributed by atoms with Crippen LogP contribution in [0, 0.1) is 0 Å². The van der Waals surface area contributed by atoms with E-state index in [0.29, 0.717) is 28.6 Å². The highest BCUT2D eigenvalue weighted by molar-refractivity contribution is 6.30. The van der Waals surface area contributed by atoms with Crippen LogP contribution >= 0.6 is 0 Å². The fourth-order valence-electron chi connectivity index (χ4n) is 2.80. The molecular weight excluding hydrogens is 356 g/mol. The van der Waals surface area contributed by atoms with Crippen molar-refractivity contribution in [2.24, 2.45) is 0 Å². The fraction of sp³-hybridized carbons (Fsp3) is 0.167. The zero-order valence-corrected chi connectivity index (χ0v) is 14.2. The van der Waals surface area contributed by atoms with Gasteiger partial charge in [0.05, 0.1) is 19.9 Å². The molecule has 2 aromatic rings. The number of barbiturate groups is 1. The summed E-state index contributed by atoms with van der Waals surface area (Å²) in [5.74, 6) is 0.206. The van der Waals surface area contributed by atoms with Gasteiger partial charge in [-0.2, -0.15) is 0 Å². The average Bonchev–Trinajstić information content (AvgIpc) is 3.33. The van der Waals surface area contributed by atoms with Crippen LogP contribution in [0.3, 0.4) is 0 Å². The van der Waals surface area contributed by atoms with Crippen molar-refractivity contribution in [2.75, 3.05) is 13.9 Å². The lowest BCUT2D eigenvalue weighted by Gasteiger charge is -2.25. The number of methoxy groups -OCH3 is 1. The molecule has 0 spiro atoms. The van der Waals surface area contributed by atoms with Gasteiger partial charge in [0.25, 0.3) is 11.8 Å². The van der Waals surface area contributed by atoms with E-state index >= 15 is 0 Å². The van der Waals surface area contributed by atoms with Crippen molar-refractivity contribution in [1.29, 1.82) is 0 Å². The van der Waals surface area contributed by atoms with Gasteiger partial charge >= 0.3 is 6.03 Å². The zero-order chi connectivity index (χ0) is 19.0. The highest BCUT2D eigenvalue weighted by Crippen LogP contribution is 2.42. The predicted octanol–water partition coefficient (Wildman–Crippen LogP) is 1.68. The first-order valence-electron chi connectivity index (χ1n) is 7.95. The third kappa shape index (κ3) is 2.99. The highest BCUT2D eigenvalue weighted by Gasteiger charge is 2.36. The Morgan fingerprint density at radius 3 is 2.85 bits per heavy atom. The molecule has 4 rings (SSSR count). The van der Waals surface area contributed by atoms with Crippen LogP contribution in [0.25, 0.3) is 6.08 Å². The summed E-state index contributed by atoms with van der Waals surface area (Å²) in [7, 11) is 1.47. The van der Waals surface area contributed by atoms with Gasteiger partial charge in [0.15, 0.2) is 11.5 Å². The molecule has 27 heavy (non-hydrogen) atoms. The smallest absolute Gasteiger partial charge is 0.331 e. The van der Waals surface area contributed by atoms with Crippen LogP contribution < -0.4 is 19.5 Å². The number of ether oxygens (including phenoxy) is 3. The quantitative estimate of drug-likeness (QED) is 0.644. The van der Waals surface area contributed by atoms with E-state index in [-0.39, 0.29) is 18.9 Å². The number of benzene rings is 1. The molecule has 9 nitrogen and oxygen atoms in total. The first-order valence-corrected chi connectivity index (χ1v) is 7.95. The summed E-state index contributed by atoms with van der Waals surface area (Å²) in [6.45, 7) is -0.0384. The summed E-state index contributed by atoms with van der Waals surface area (Å²) in [6, 6.07) is 5.69. The number of fused-ring (bicyclic) bond motifs is 1. The Morgan fingerprint density at radius 1 is 1.26 bits per heavy atom. The first kappa shape index (κ1) is 16.7. The second kappa shape index (κ2) is 6.52. The lowest BCUT2D eigenvalue weighted by molar-refractivity contribution is -0.130. The summed E-state index contributed by atoms with van der Waals surface area (Å²) in [6.07, 6.45) is 2.80. The Morgan fingerprint density at radius 2 is 2.11 bits per heavy atom. The van der Waals surface area contributed by atoms with E-state index in [2.05, 4.69) is 5.32 Å². The molecule has 2 aliphatic heterocycles. The number of hydrogen-bond acceptors (Lipinski definition) is 7. The predicted molar refractivity (Wildman–Crippen MR) is 89.9 cm³/mol.